The number of rotatable bonds is 3. The molecule has 4 heterocycles. The summed E-state index contributed by atoms with van der Waals surface area (Å²) in [6.45, 7) is 4.48. The second-order valence-corrected chi connectivity index (χ2v) is 6.26. The number of nitrogens with two attached hydrogens (primary N) is 1. The quantitative estimate of drug-likeness (QED) is 0.729. The molecule has 0 aromatic carbocycles. The highest BCUT2D eigenvalue weighted by Crippen LogP contribution is 2.19. The fourth-order valence-corrected chi connectivity index (χ4v) is 3.20. The van der Waals surface area contributed by atoms with Crippen LogP contribution in [0.1, 0.15) is 5.69 Å². The molecule has 24 heavy (non-hydrogen) atoms. The van der Waals surface area contributed by atoms with Crippen LogP contribution in [-0.4, -0.2) is 50.4 Å². The van der Waals surface area contributed by atoms with E-state index in [2.05, 4.69) is 35.3 Å². The molecule has 7 nitrogen and oxygen atoms in total. The van der Waals surface area contributed by atoms with Gasteiger partial charge in [-0.15, -0.1) is 0 Å². The van der Waals surface area contributed by atoms with E-state index in [9.17, 15) is 0 Å². The van der Waals surface area contributed by atoms with E-state index >= 15 is 0 Å². The minimum atomic E-state index is 0.213. The lowest BCUT2D eigenvalue weighted by Gasteiger charge is -2.35. The van der Waals surface area contributed by atoms with Gasteiger partial charge < -0.3 is 15.0 Å². The second kappa shape index (κ2) is 6.26. The molecule has 8 heteroatoms. The van der Waals surface area contributed by atoms with Gasteiger partial charge in [-0.05, 0) is 12.1 Å². The Morgan fingerprint density at radius 1 is 1.08 bits per heavy atom. The Balaban J connectivity index is 1.40. The third-order valence-corrected chi connectivity index (χ3v) is 4.39. The molecule has 1 saturated heterocycles. The van der Waals surface area contributed by atoms with Gasteiger partial charge in [0.15, 0.2) is 0 Å². The van der Waals surface area contributed by atoms with Crippen LogP contribution >= 0.6 is 11.6 Å². The van der Waals surface area contributed by atoms with Crippen LogP contribution in [0.25, 0.3) is 5.65 Å². The van der Waals surface area contributed by atoms with Gasteiger partial charge in [0.25, 0.3) is 0 Å². The van der Waals surface area contributed by atoms with Crippen molar-refractivity contribution in [1.29, 1.82) is 0 Å². The first-order valence-corrected chi connectivity index (χ1v) is 8.25. The summed E-state index contributed by atoms with van der Waals surface area (Å²) in [6.07, 6.45) is 4.11. The summed E-state index contributed by atoms with van der Waals surface area (Å²) in [6, 6.07) is 7.79. The van der Waals surface area contributed by atoms with Crippen LogP contribution in [0, 0.1) is 0 Å². The molecule has 1 fully saturated rings. The van der Waals surface area contributed by atoms with E-state index in [1.165, 1.54) is 0 Å². The standard InChI is InChI=1S/C16H18ClN7/c17-13-9-15(21-16(18)20-13)23-7-5-22(6-8-23)10-12-11-24-4-2-1-3-14(24)19-12/h1-4,9,11H,5-8,10H2,(H2,18,20,21). The molecule has 0 amide bonds. The Bertz CT molecular complexity index is 801. The van der Waals surface area contributed by atoms with E-state index in [1.54, 1.807) is 6.07 Å². The molecule has 2 N–H and O–H groups in total. The summed E-state index contributed by atoms with van der Waals surface area (Å²) in [5.41, 5.74) is 7.75. The van der Waals surface area contributed by atoms with Crippen molar-refractivity contribution in [3.05, 3.63) is 47.5 Å². The van der Waals surface area contributed by atoms with Crippen molar-refractivity contribution in [1.82, 2.24) is 24.3 Å². The second-order valence-electron chi connectivity index (χ2n) is 5.87. The average molecular weight is 344 g/mol. The molecule has 124 valence electrons. The van der Waals surface area contributed by atoms with Crippen LogP contribution in [-0.2, 0) is 6.54 Å². The van der Waals surface area contributed by atoms with Crippen molar-refractivity contribution in [3.8, 4) is 0 Å². The number of halogens is 1. The lowest BCUT2D eigenvalue weighted by Crippen LogP contribution is -2.46. The molecular weight excluding hydrogens is 326 g/mol. The molecule has 3 aromatic rings. The third-order valence-electron chi connectivity index (χ3n) is 4.19. The summed E-state index contributed by atoms with van der Waals surface area (Å²) >= 11 is 5.97. The minimum absolute atomic E-state index is 0.213. The maximum atomic E-state index is 5.97. The van der Waals surface area contributed by atoms with E-state index in [-0.39, 0.29) is 5.95 Å². The highest BCUT2D eigenvalue weighted by molar-refractivity contribution is 6.29. The third kappa shape index (κ3) is 3.13. The summed E-state index contributed by atoms with van der Waals surface area (Å²) < 4.78 is 2.05. The van der Waals surface area contributed by atoms with Crippen molar-refractivity contribution in [3.63, 3.8) is 0 Å². The number of nitrogens with zero attached hydrogens (tertiary/aromatic N) is 6. The Labute approximate surface area is 144 Å². The summed E-state index contributed by atoms with van der Waals surface area (Å²) in [4.78, 5) is 17.4. The van der Waals surface area contributed by atoms with Crippen LogP contribution in [0.3, 0.4) is 0 Å². The Hall–Kier alpha value is -2.38. The lowest BCUT2D eigenvalue weighted by atomic mass is 10.3. The molecule has 0 unspecified atom stereocenters. The van der Waals surface area contributed by atoms with Crippen LogP contribution in [0.5, 0.6) is 0 Å². The molecule has 0 aliphatic carbocycles. The average Bonchev–Trinajstić information content (AvgIpc) is 2.97. The van der Waals surface area contributed by atoms with Crippen LogP contribution in [0.15, 0.2) is 36.7 Å². The largest absolute Gasteiger partial charge is 0.368 e. The minimum Gasteiger partial charge on any atom is -0.368 e. The Morgan fingerprint density at radius 2 is 1.92 bits per heavy atom. The maximum Gasteiger partial charge on any atom is 0.223 e. The molecule has 1 aliphatic heterocycles. The zero-order valence-electron chi connectivity index (χ0n) is 13.1. The van der Waals surface area contributed by atoms with Crippen molar-refractivity contribution in [2.75, 3.05) is 36.8 Å². The van der Waals surface area contributed by atoms with Crippen LogP contribution < -0.4 is 10.6 Å². The number of anilines is 2. The topological polar surface area (TPSA) is 75.6 Å². The molecule has 3 aromatic heterocycles. The van der Waals surface area contributed by atoms with Crippen molar-refractivity contribution < 1.29 is 0 Å². The number of hydrogen-bond donors (Lipinski definition) is 1. The van der Waals surface area contributed by atoms with Crippen LogP contribution in [0.2, 0.25) is 5.15 Å². The molecule has 0 spiro atoms. The number of pyridine rings is 1. The van der Waals surface area contributed by atoms with Crippen molar-refractivity contribution in [2.45, 2.75) is 6.54 Å². The highest BCUT2D eigenvalue weighted by atomic mass is 35.5. The van der Waals surface area contributed by atoms with E-state index in [4.69, 9.17) is 17.3 Å². The van der Waals surface area contributed by atoms with Crippen molar-refractivity contribution >= 4 is 29.0 Å². The van der Waals surface area contributed by atoms with Crippen molar-refractivity contribution in [2.24, 2.45) is 0 Å². The van der Waals surface area contributed by atoms with E-state index in [0.717, 1.165) is 49.9 Å². The number of imidazole rings is 1. The highest BCUT2D eigenvalue weighted by Gasteiger charge is 2.19. The predicted molar refractivity (Wildman–Crippen MR) is 94.1 cm³/mol. The number of hydrogen-bond acceptors (Lipinski definition) is 6. The van der Waals surface area contributed by atoms with E-state index in [0.29, 0.717) is 5.15 Å². The Morgan fingerprint density at radius 3 is 2.67 bits per heavy atom. The molecule has 0 atom stereocenters. The summed E-state index contributed by atoms with van der Waals surface area (Å²) in [5, 5.41) is 0.379. The molecular formula is C16H18ClN7. The van der Waals surface area contributed by atoms with E-state index in [1.807, 2.05) is 24.4 Å². The zero-order chi connectivity index (χ0) is 16.5. The smallest absolute Gasteiger partial charge is 0.223 e. The number of piperazine rings is 1. The number of aromatic nitrogens is 4. The molecule has 1 aliphatic rings. The normalized spacial score (nSPS) is 16.0. The molecule has 0 bridgehead atoms. The first kappa shape index (κ1) is 15.2. The van der Waals surface area contributed by atoms with Gasteiger partial charge in [0.05, 0.1) is 5.69 Å². The summed E-state index contributed by atoms with van der Waals surface area (Å²) in [5.74, 6) is 1.00. The van der Waals surface area contributed by atoms with Gasteiger partial charge in [0.1, 0.15) is 16.6 Å². The number of nitrogen functional groups attached to an aromatic ring is 1. The molecule has 0 radical (unpaired) electrons. The fraction of sp³-hybridized carbons (Fsp3) is 0.312. The van der Waals surface area contributed by atoms with Crippen LogP contribution in [0.4, 0.5) is 11.8 Å². The van der Waals surface area contributed by atoms with Gasteiger partial charge >= 0.3 is 0 Å². The molecule has 4 rings (SSSR count). The SMILES string of the molecule is Nc1nc(Cl)cc(N2CCN(Cc3cn4ccccc4n3)CC2)n1. The Kier molecular flexibility index (Phi) is 3.95. The van der Waals surface area contributed by atoms with Gasteiger partial charge in [-0.25, -0.2) is 9.97 Å². The summed E-state index contributed by atoms with van der Waals surface area (Å²) in [7, 11) is 0. The number of fused-ring (bicyclic) bond motifs is 1. The van der Waals surface area contributed by atoms with Gasteiger partial charge in [-0.1, -0.05) is 17.7 Å². The lowest BCUT2D eigenvalue weighted by molar-refractivity contribution is 0.247. The van der Waals surface area contributed by atoms with Gasteiger partial charge in [-0.3, -0.25) is 4.90 Å². The van der Waals surface area contributed by atoms with E-state index < -0.39 is 0 Å². The zero-order valence-corrected chi connectivity index (χ0v) is 13.9. The molecule has 0 saturated carbocycles. The maximum absolute atomic E-state index is 5.97. The monoisotopic (exact) mass is 343 g/mol. The van der Waals surface area contributed by atoms with Gasteiger partial charge in [0, 0.05) is 51.2 Å². The first-order valence-electron chi connectivity index (χ1n) is 7.87. The fourth-order valence-electron chi connectivity index (χ4n) is 3.01. The first-order chi connectivity index (χ1) is 11.7. The predicted octanol–water partition coefficient (Wildman–Crippen LogP) is 1.68. The van der Waals surface area contributed by atoms with Gasteiger partial charge in [0.2, 0.25) is 5.95 Å². The van der Waals surface area contributed by atoms with Gasteiger partial charge in [-0.2, -0.15) is 4.98 Å².